The molecule has 0 saturated heterocycles. The first kappa shape index (κ1) is 13.6. The maximum absolute atomic E-state index is 12.1. The summed E-state index contributed by atoms with van der Waals surface area (Å²) in [6.07, 6.45) is 0. The minimum absolute atomic E-state index is 0.383. The van der Waals surface area contributed by atoms with E-state index in [0.717, 1.165) is 5.56 Å². The van der Waals surface area contributed by atoms with Gasteiger partial charge in [0.25, 0.3) is 0 Å². The van der Waals surface area contributed by atoms with E-state index in [1.54, 1.807) is 24.3 Å². The Morgan fingerprint density at radius 3 is 2.14 bits per heavy atom. The third-order valence-electron chi connectivity index (χ3n) is 3.42. The molecular weight excluding hydrogens is 288 g/mol. The zero-order valence-corrected chi connectivity index (χ0v) is 11.7. The van der Waals surface area contributed by atoms with Crippen LogP contribution in [0.5, 0.6) is 0 Å². The van der Waals surface area contributed by atoms with Gasteiger partial charge in [-0.15, -0.1) is 0 Å². The van der Waals surface area contributed by atoms with Crippen LogP contribution >= 0.6 is 0 Å². The maximum atomic E-state index is 12.1. The Morgan fingerprint density at radius 2 is 1.52 bits per heavy atom. The number of aliphatic hydroxyl groups is 1. The first-order valence-electron chi connectivity index (χ1n) is 6.34. The lowest BCUT2D eigenvalue weighted by molar-refractivity contribution is -0.117. The largest absolute Gasteiger partial charge is 0.504 e. The SMILES string of the molecule is O=C1C(O)=CS(=O)(=O)C1c1ccccc1-c1ccccc1. The molecule has 1 N–H and O–H groups in total. The second-order valence-electron chi connectivity index (χ2n) is 4.79. The van der Waals surface area contributed by atoms with E-state index >= 15 is 0 Å². The van der Waals surface area contributed by atoms with Crippen LogP contribution in [-0.4, -0.2) is 19.3 Å². The molecule has 4 nitrogen and oxygen atoms in total. The van der Waals surface area contributed by atoms with Crippen molar-refractivity contribution in [1.29, 1.82) is 0 Å². The van der Waals surface area contributed by atoms with Gasteiger partial charge in [-0.3, -0.25) is 4.79 Å². The van der Waals surface area contributed by atoms with Crippen LogP contribution in [0.2, 0.25) is 0 Å². The van der Waals surface area contributed by atoms with E-state index in [2.05, 4.69) is 0 Å². The van der Waals surface area contributed by atoms with Gasteiger partial charge in [0.15, 0.2) is 20.8 Å². The standard InChI is InChI=1S/C16H12O4S/c17-14-10-21(19,20)16(15(14)18)13-9-5-4-8-12(13)11-6-2-1-3-7-11/h1-10,16-17H. The van der Waals surface area contributed by atoms with Crippen molar-refractivity contribution in [3.8, 4) is 11.1 Å². The smallest absolute Gasteiger partial charge is 0.220 e. The minimum atomic E-state index is -3.83. The molecule has 1 heterocycles. The van der Waals surface area contributed by atoms with Crippen LogP contribution in [0.1, 0.15) is 10.8 Å². The number of hydrogen-bond acceptors (Lipinski definition) is 4. The van der Waals surface area contributed by atoms with Gasteiger partial charge in [0.2, 0.25) is 5.78 Å². The van der Waals surface area contributed by atoms with Crippen LogP contribution < -0.4 is 0 Å². The molecule has 106 valence electrons. The van der Waals surface area contributed by atoms with Crippen LogP contribution in [0.4, 0.5) is 0 Å². The van der Waals surface area contributed by atoms with Crippen LogP contribution in [0, 0.1) is 0 Å². The molecule has 0 aromatic heterocycles. The highest BCUT2D eigenvalue weighted by Gasteiger charge is 2.42. The van der Waals surface area contributed by atoms with E-state index in [4.69, 9.17) is 0 Å². The van der Waals surface area contributed by atoms with E-state index < -0.39 is 26.6 Å². The molecule has 5 heteroatoms. The van der Waals surface area contributed by atoms with Crippen molar-refractivity contribution in [2.45, 2.75) is 5.25 Å². The predicted molar refractivity (Wildman–Crippen MR) is 79.3 cm³/mol. The van der Waals surface area contributed by atoms with Gasteiger partial charge in [-0.1, -0.05) is 54.6 Å². The molecule has 0 amide bonds. The van der Waals surface area contributed by atoms with E-state index in [-0.39, 0.29) is 0 Å². The Labute approximate surface area is 122 Å². The number of benzene rings is 2. The first-order chi connectivity index (χ1) is 10.0. The molecule has 0 fully saturated rings. The van der Waals surface area contributed by atoms with Crippen LogP contribution in [0.3, 0.4) is 0 Å². The molecule has 3 rings (SSSR count). The third-order valence-corrected chi connectivity index (χ3v) is 5.10. The average molecular weight is 300 g/mol. The number of ketones is 1. The Kier molecular flexibility index (Phi) is 3.14. The van der Waals surface area contributed by atoms with Gasteiger partial charge in [-0.25, -0.2) is 8.42 Å². The van der Waals surface area contributed by atoms with Crippen molar-refractivity contribution in [2.24, 2.45) is 0 Å². The Hall–Kier alpha value is -2.40. The molecule has 1 aliphatic rings. The summed E-state index contributed by atoms with van der Waals surface area (Å²) in [5.74, 6) is -1.48. The zero-order valence-electron chi connectivity index (χ0n) is 10.9. The average Bonchev–Trinajstić information content (AvgIpc) is 2.68. The van der Waals surface area contributed by atoms with E-state index in [0.29, 0.717) is 16.5 Å². The number of allylic oxidation sites excluding steroid dienone is 1. The molecule has 0 aliphatic carbocycles. The zero-order chi connectivity index (χ0) is 15.0. The van der Waals surface area contributed by atoms with Crippen molar-refractivity contribution >= 4 is 15.6 Å². The van der Waals surface area contributed by atoms with Crippen molar-refractivity contribution < 1.29 is 18.3 Å². The molecule has 1 atom stereocenters. The number of sulfone groups is 1. The van der Waals surface area contributed by atoms with Crippen molar-refractivity contribution in [3.05, 3.63) is 71.3 Å². The summed E-state index contributed by atoms with van der Waals surface area (Å²) in [5, 5.41) is 8.73. The van der Waals surface area contributed by atoms with E-state index in [9.17, 15) is 18.3 Å². The lowest BCUT2D eigenvalue weighted by Crippen LogP contribution is -2.16. The first-order valence-corrected chi connectivity index (χ1v) is 7.95. The molecule has 0 radical (unpaired) electrons. The van der Waals surface area contributed by atoms with Gasteiger partial charge >= 0.3 is 0 Å². The van der Waals surface area contributed by atoms with Crippen LogP contribution in [0.25, 0.3) is 11.1 Å². The number of Topliss-reactive ketones (excluding diaryl/α,β-unsaturated/α-hetero) is 1. The van der Waals surface area contributed by atoms with Gasteiger partial charge in [-0.2, -0.15) is 0 Å². The normalized spacial score (nSPS) is 20.3. The summed E-state index contributed by atoms with van der Waals surface area (Å²) >= 11 is 0. The number of aliphatic hydroxyl groups excluding tert-OH is 1. The summed E-state index contributed by atoms with van der Waals surface area (Å²) < 4.78 is 24.2. The summed E-state index contributed by atoms with van der Waals surface area (Å²) in [7, 11) is -3.83. The molecule has 2 aromatic rings. The second kappa shape index (κ2) is 4.86. The Balaban J connectivity index is 2.20. The van der Waals surface area contributed by atoms with Crippen LogP contribution in [0.15, 0.2) is 65.8 Å². The highest BCUT2D eigenvalue weighted by molar-refractivity contribution is 7.95. The maximum Gasteiger partial charge on any atom is 0.220 e. The number of carbonyl (C=O) groups is 1. The fraction of sp³-hybridized carbons (Fsp3) is 0.0625. The monoisotopic (exact) mass is 300 g/mol. The lowest BCUT2D eigenvalue weighted by atomic mass is 9.96. The van der Waals surface area contributed by atoms with Crippen LogP contribution in [-0.2, 0) is 14.6 Å². The Bertz CT molecular complexity index is 836. The van der Waals surface area contributed by atoms with E-state index in [1.165, 1.54) is 0 Å². The molecule has 2 aromatic carbocycles. The number of rotatable bonds is 2. The fourth-order valence-electron chi connectivity index (χ4n) is 2.49. The van der Waals surface area contributed by atoms with Gasteiger partial charge < -0.3 is 5.11 Å². The predicted octanol–water partition coefficient (Wildman–Crippen LogP) is 2.79. The number of hydrogen-bond donors (Lipinski definition) is 1. The topological polar surface area (TPSA) is 71.4 Å². The fourth-order valence-corrected chi connectivity index (χ4v) is 4.03. The summed E-state index contributed by atoms with van der Waals surface area (Å²) in [5.41, 5.74) is 1.87. The minimum Gasteiger partial charge on any atom is -0.504 e. The lowest BCUT2D eigenvalue weighted by Gasteiger charge is -2.14. The molecule has 1 unspecified atom stereocenters. The quantitative estimate of drug-likeness (QED) is 0.925. The van der Waals surface area contributed by atoms with E-state index in [1.807, 2.05) is 30.3 Å². The summed E-state index contributed by atoms with van der Waals surface area (Å²) in [6.45, 7) is 0. The third kappa shape index (κ3) is 2.25. The summed E-state index contributed by atoms with van der Waals surface area (Å²) in [6, 6.07) is 16.1. The van der Waals surface area contributed by atoms with Gasteiger partial charge in [0.05, 0.1) is 5.41 Å². The Morgan fingerprint density at radius 1 is 0.905 bits per heavy atom. The molecular formula is C16H12O4S. The highest BCUT2D eigenvalue weighted by Crippen LogP contribution is 2.38. The molecule has 0 spiro atoms. The molecule has 21 heavy (non-hydrogen) atoms. The highest BCUT2D eigenvalue weighted by atomic mass is 32.2. The van der Waals surface area contributed by atoms with Crippen molar-refractivity contribution in [1.82, 2.24) is 0 Å². The van der Waals surface area contributed by atoms with Gasteiger partial charge in [0.1, 0.15) is 0 Å². The van der Waals surface area contributed by atoms with Crippen molar-refractivity contribution in [2.75, 3.05) is 0 Å². The summed E-state index contributed by atoms with van der Waals surface area (Å²) in [4.78, 5) is 12.0. The molecule has 1 aliphatic heterocycles. The molecule has 0 bridgehead atoms. The molecule has 0 saturated carbocycles. The van der Waals surface area contributed by atoms with Gasteiger partial charge in [0, 0.05) is 0 Å². The second-order valence-corrected chi connectivity index (χ2v) is 6.67. The van der Waals surface area contributed by atoms with Crippen molar-refractivity contribution in [3.63, 3.8) is 0 Å². The van der Waals surface area contributed by atoms with Gasteiger partial charge in [-0.05, 0) is 16.7 Å². The number of carbonyl (C=O) groups excluding carboxylic acids is 1.